The quantitative estimate of drug-likeness (QED) is 0.489. The van der Waals surface area contributed by atoms with E-state index in [9.17, 15) is 9.59 Å². The third-order valence-corrected chi connectivity index (χ3v) is 7.08. The second-order valence-corrected chi connectivity index (χ2v) is 9.06. The zero-order chi connectivity index (χ0) is 21.1. The van der Waals surface area contributed by atoms with Crippen molar-refractivity contribution in [3.8, 4) is 5.69 Å². The highest BCUT2D eigenvalue weighted by molar-refractivity contribution is 7.99. The van der Waals surface area contributed by atoms with Crippen molar-refractivity contribution in [2.45, 2.75) is 44.3 Å². The molecule has 6 heteroatoms. The molecule has 1 N–H and O–H groups in total. The highest BCUT2D eigenvalue weighted by atomic mass is 32.2. The fourth-order valence-corrected chi connectivity index (χ4v) is 5.00. The third kappa shape index (κ3) is 4.29. The van der Waals surface area contributed by atoms with Crippen molar-refractivity contribution in [1.82, 2.24) is 14.9 Å². The second kappa shape index (κ2) is 9.04. The molecule has 3 aromatic rings. The van der Waals surface area contributed by atoms with Gasteiger partial charge in [-0.1, -0.05) is 68.8 Å². The molecule has 1 aliphatic rings. The van der Waals surface area contributed by atoms with Gasteiger partial charge in [0, 0.05) is 6.04 Å². The van der Waals surface area contributed by atoms with Crippen molar-refractivity contribution < 1.29 is 4.79 Å². The van der Waals surface area contributed by atoms with E-state index in [0.717, 1.165) is 18.5 Å². The molecule has 0 bridgehead atoms. The zero-order valence-electron chi connectivity index (χ0n) is 17.4. The van der Waals surface area contributed by atoms with Gasteiger partial charge in [-0.25, -0.2) is 4.98 Å². The maximum absolute atomic E-state index is 13.2. The van der Waals surface area contributed by atoms with Crippen molar-refractivity contribution in [1.29, 1.82) is 0 Å². The Kier molecular flexibility index (Phi) is 6.23. The Bertz CT molecular complexity index is 1100. The summed E-state index contributed by atoms with van der Waals surface area (Å²) in [6.07, 6.45) is 3.42. The molecule has 0 aliphatic heterocycles. The molecule has 2 aromatic carbocycles. The van der Waals surface area contributed by atoms with Gasteiger partial charge >= 0.3 is 0 Å². The Morgan fingerprint density at radius 1 is 1.10 bits per heavy atom. The summed E-state index contributed by atoms with van der Waals surface area (Å²) in [6, 6.07) is 17.0. The number of nitrogens with zero attached hydrogens (tertiary/aromatic N) is 2. The number of nitrogens with one attached hydrogen (secondary N) is 1. The van der Waals surface area contributed by atoms with Gasteiger partial charge in [0.05, 0.1) is 22.3 Å². The summed E-state index contributed by atoms with van der Waals surface area (Å²) < 4.78 is 1.60. The Balaban J connectivity index is 1.59. The summed E-state index contributed by atoms with van der Waals surface area (Å²) in [7, 11) is 0. The topological polar surface area (TPSA) is 64.0 Å². The van der Waals surface area contributed by atoms with E-state index in [1.807, 2.05) is 48.5 Å². The minimum atomic E-state index is -0.121. The highest BCUT2D eigenvalue weighted by Crippen LogP contribution is 2.29. The van der Waals surface area contributed by atoms with Gasteiger partial charge in [-0.2, -0.15) is 0 Å². The van der Waals surface area contributed by atoms with Gasteiger partial charge in [0.2, 0.25) is 5.91 Å². The SMILES string of the molecule is CC1CCCC(NC(=O)CSc2nc3ccccc3c(=O)n2-c2ccccc2)C1C. The van der Waals surface area contributed by atoms with Gasteiger partial charge in [-0.15, -0.1) is 0 Å². The van der Waals surface area contributed by atoms with Crippen LogP contribution in [0.25, 0.3) is 16.6 Å². The first-order valence-corrected chi connectivity index (χ1v) is 11.5. The molecule has 1 amide bonds. The summed E-state index contributed by atoms with van der Waals surface area (Å²) in [5.41, 5.74) is 1.27. The number of hydrogen-bond acceptors (Lipinski definition) is 4. The van der Waals surface area contributed by atoms with Crippen LogP contribution in [0.3, 0.4) is 0 Å². The van der Waals surface area contributed by atoms with E-state index in [4.69, 9.17) is 4.98 Å². The predicted octanol–water partition coefficient (Wildman–Crippen LogP) is 4.42. The minimum absolute atomic E-state index is 0.00651. The normalized spacial score (nSPS) is 21.5. The molecule has 1 heterocycles. The first kappa shape index (κ1) is 20.7. The molecule has 1 fully saturated rings. The number of aromatic nitrogens is 2. The predicted molar refractivity (Wildman–Crippen MR) is 122 cm³/mol. The van der Waals surface area contributed by atoms with Crippen LogP contribution in [0, 0.1) is 11.8 Å². The monoisotopic (exact) mass is 421 g/mol. The van der Waals surface area contributed by atoms with Gasteiger partial charge < -0.3 is 5.32 Å². The molecule has 156 valence electrons. The summed E-state index contributed by atoms with van der Waals surface area (Å²) in [4.78, 5) is 30.6. The maximum Gasteiger partial charge on any atom is 0.266 e. The standard InChI is InChI=1S/C24H27N3O2S/c1-16-9-8-14-20(17(16)2)25-22(28)15-30-24-26-21-13-7-6-12-19(21)23(29)27(24)18-10-4-3-5-11-18/h3-7,10-13,16-17,20H,8-9,14-15H2,1-2H3,(H,25,28). The van der Waals surface area contributed by atoms with E-state index in [0.29, 0.717) is 27.9 Å². The zero-order valence-corrected chi connectivity index (χ0v) is 18.2. The molecular weight excluding hydrogens is 394 g/mol. The molecule has 3 unspecified atom stereocenters. The molecule has 0 radical (unpaired) electrons. The second-order valence-electron chi connectivity index (χ2n) is 8.12. The van der Waals surface area contributed by atoms with Crippen molar-refractivity contribution in [2.75, 3.05) is 5.75 Å². The Labute approximate surface area is 180 Å². The highest BCUT2D eigenvalue weighted by Gasteiger charge is 2.28. The molecule has 0 spiro atoms. The average Bonchev–Trinajstić information content (AvgIpc) is 2.76. The number of fused-ring (bicyclic) bond motifs is 1. The van der Waals surface area contributed by atoms with Crippen LogP contribution in [0.4, 0.5) is 0 Å². The first-order valence-electron chi connectivity index (χ1n) is 10.5. The number of hydrogen-bond donors (Lipinski definition) is 1. The molecule has 3 atom stereocenters. The summed E-state index contributed by atoms with van der Waals surface area (Å²) in [6.45, 7) is 4.48. The van der Waals surface area contributed by atoms with Crippen molar-refractivity contribution >= 4 is 28.6 Å². The van der Waals surface area contributed by atoms with E-state index in [1.165, 1.54) is 18.2 Å². The van der Waals surface area contributed by atoms with Gasteiger partial charge in [0.1, 0.15) is 0 Å². The molecule has 1 aliphatic carbocycles. The molecule has 0 saturated heterocycles. The van der Waals surface area contributed by atoms with Crippen LogP contribution in [0.1, 0.15) is 33.1 Å². The number of benzene rings is 2. The van der Waals surface area contributed by atoms with Crippen molar-refractivity contribution in [2.24, 2.45) is 11.8 Å². The number of carbonyl (C=O) groups excluding carboxylic acids is 1. The van der Waals surface area contributed by atoms with E-state index in [2.05, 4.69) is 19.2 Å². The van der Waals surface area contributed by atoms with E-state index in [-0.39, 0.29) is 23.3 Å². The van der Waals surface area contributed by atoms with E-state index >= 15 is 0 Å². The maximum atomic E-state index is 13.2. The number of carbonyl (C=O) groups is 1. The van der Waals surface area contributed by atoms with Crippen LogP contribution >= 0.6 is 11.8 Å². The lowest BCUT2D eigenvalue weighted by Crippen LogP contribution is -2.44. The first-order chi connectivity index (χ1) is 14.5. The van der Waals surface area contributed by atoms with E-state index in [1.54, 1.807) is 10.6 Å². The van der Waals surface area contributed by atoms with Crippen LogP contribution in [0.2, 0.25) is 0 Å². The number of rotatable bonds is 5. The van der Waals surface area contributed by atoms with Crippen molar-refractivity contribution in [3.63, 3.8) is 0 Å². The van der Waals surface area contributed by atoms with Crippen LogP contribution in [0.15, 0.2) is 64.5 Å². The third-order valence-electron chi connectivity index (χ3n) is 6.14. The van der Waals surface area contributed by atoms with Crippen molar-refractivity contribution in [3.05, 3.63) is 65.0 Å². The van der Waals surface area contributed by atoms with Gasteiger partial charge in [-0.05, 0) is 42.5 Å². The number of para-hydroxylation sites is 2. The van der Waals surface area contributed by atoms with Crippen LogP contribution in [-0.4, -0.2) is 27.3 Å². The van der Waals surface area contributed by atoms with Crippen LogP contribution in [0.5, 0.6) is 0 Å². The molecule has 1 saturated carbocycles. The Morgan fingerprint density at radius 2 is 1.83 bits per heavy atom. The largest absolute Gasteiger partial charge is 0.352 e. The van der Waals surface area contributed by atoms with Gasteiger partial charge in [0.15, 0.2) is 5.16 Å². The number of thioether (sulfide) groups is 1. The average molecular weight is 422 g/mol. The smallest absolute Gasteiger partial charge is 0.266 e. The molecular formula is C24H27N3O2S. The number of amides is 1. The lowest BCUT2D eigenvalue weighted by Gasteiger charge is -2.34. The van der Waals surface area contributed by atoms with Crippen LogP contribution in [-0.2, 0) is 4.79 Å². The van der Waals surface area contributed by atoms with E-state index < -0.39 is 0 Å². The molecule has 5 nitrogen and oxygen atoms in total. The van der Waals surface area contributed by atoms with Gasteiger partial charge in [0.25, 0.3) is 5.56 Å². The summed E-state index contributed by atoms with van der Waals surface area (Å²) in [5.74, 6) is 1.33. The van der Waals surface area contributed by atoms with Crippen LogP contribution < -0.4 is 10.9 Å². The van der Waals surface area contributed by atoms with Gasteiger partial charge in [-0.3, -0.25) is 14.2 Å². The summed E-state index contributed by atoms with van der Waals surface area (Å²) in [5, 5.41) is 4.31. The fraction of sp³-hybridized carbons (Fsp3) is 0.375. The molecule has 30 heavy (non-hydrogen) atoms. The lowest BCUT2D eigenvalue weighted by molar-refractivity contribution is -0.120. The minimum Gasteiger partial charge on any atom is -0.352 e. The summed E-state index contributed by atoms with van der Waals surface area (Å²) >= 11 is 1.31. The fourth-order valence-electron chi connectivity index (χ4n) is 4.18. The Morgan fingerprint density at radius 3 is 2.63 bits per heavy atom. The Hall–Kier alpha value is -2.60. The lowest BCUT2D eigenvalue weighted by atomic mass is 9.78. The molecule has 4 rings (SSSR count). The molecule has 1 aromatic heterocycles.